The molecule has 1 aliphatic rings. The molecule has 11 heteroatoms. The topological polar surface area (TPSA) is 98.8 Å². The molecule has 6 aromatic rings. The lowest BCUT2D eigenvalue weighted by Crippen LogP contribution is -2.48. The van der Waals surface area contributed by atoms with Gasteiger partial charge in [-0.1, -0.05) is 53.8 Å². The fourth-order valence-corrected chi connectivity index (χ4v) is 8.08. The highest BCUT2D eigenvalue weighted by atomic mass is 32.2. The van der Waals surface area contributed by atoms with Gasteiger partial charge in [-0.25, -0.2) is 22.5 Å². The van der Waals surface area contributed by atoms with Crippen molar-refractivity contribution in [3.05, 3.63) is 106 Å². The number of rotatable bonds is 5. The Labute approximate surface area is 246 Å². The van der Waals surface area contributed by atoms with E-state index >= 15 is 0 Å². The van der Waals surface area contributed by atoms with Crippen molar-refractivity contribution in [1.82, 2.24) is 23.5 Å². The molecule has 1 aliphatic heterocycles. The fourth-order valence-electron chi connectivity index (χ4n) is 5.46. The Hall–Kier alpha value is -4.16. The minimum Gasteiger partial charge on any atom is -0.373 e. The highest BCUT2D eigenvalue weighted by molar-refractivity contribution is 7.89. The number of benzene rings is 3. The van der Waals surface area contributed by atoms with Crippen LogP contribution in [0.3, 0.4) is 0 Å². The smallest absolute Gasteiger partial charge is 0.274 e. The molecule has 0 bridgehead atoms. The Bertz CT molecular complexity index is 2160. The summed E-state index contributed by atoms with van der Waals surface area (Å²) in [4.78, 5) is 19.0. The molecule has 2 atom stereocenters. The first kappa shape index (κ1) is 26.7. The summed E-state index contributed by atoms with van der Waals surface area (Å²) in [5.41, 5.74) is 4.10. The summed E-state index contributed by atoms with van der Waals surface area (Å²) in [7, 11) is -3.76. The van der Waals surface area contributed by atoms with Gasteiger partial charge in [0.25, 0.3) is 5.56 Å². The number of hydrogen-bond acceptors (Lipinski definition) is 7. The minimum atomic E-state index is -3.76. The molecule has 9 nitrogen and oxygen atoms in total. The summed E-state index contributed by atoms with van der Waals surface area (Å²) >= 11 is 1.31. The largest absolute Gasteiger partial charge is 0.373 e. The predicted octanol–water partition coefficient (Wildman–Crippen LogP) is 4.11. The molecule has 42 heavy (non-hydrogen) atoms. The first-order valence-corrected chi connectivity index (χ1v) is 15.9. The van der Waals surface area contributed by atoms with Gasteiger partial charge < -0.3 is 4.74 Å². The minimum absolute atomic E-state index is 0.158. The normalized spacial score (nSPS) is 18.8. The number of morpholine rings is 1. The maximum Gasteiger partial charge on any atom is 0.274 e. The lowest BCUT2D eigenvalue weighted by atomic mass is 10.1. The van der Waals surface area contributed by atoms with E-state index < -0.39 is 10.0 Å². The van der Waals surface area contributed by atoms with E-state index in [1.54, 1.807) is 27.3 Å². The summed E-state index contributed by atoms with van der Waals surface area (Å²) in [6.07, 6.45) is 3.28. The summed E-state index contributed by atoms with van der Waals surface area (Å²) in [5.74, 6) is 0. The van der Waals surface area contributed by atoms with Crippen LogP contribution in [0.1, 0.15) is 19.4 Å². The molecular weight excluding hydrogens is 571 g/mol. The van der Waals surface area contributed by atoms with Crippen LogP contribution >= 0.6 is 11.3 Å². The van der Waals surface area contributed by atoms with Gasteiger partial charge >= 0.3 is 0 Å². The Kier molecular flexibility index (Phi) is 6.54. The molecule has 0 radical (unpaired) electrons. The van der Waals surface area contributed by atoms with Crippen LogP contribution in [0.4, 0.5) is 0 Å². The fraction of sp³-hybridized carbons (Fsp3) is 0.194. The number of thiazole rings is 1. The second-order valence-corrected chi connectivity index (χ2v) is 13.4. The molecule has 3 aromatic heterocycles. The van der Waals surface area contributed by atoms with E-state index in [1.165, 1.54) is 15.6 Å². The summed E-state index contributed by atoms with van der Waals surface area (Å²) < 4.78 is 38.5. The van der Waals surface area contributed by atoms with Gasteiger partial charge in [-0.3, -0.25) is 4.79 Å². The van der Waals surface area contributed by atoms with Gasteiger partial charge in [-0.2, -0.15) is 9.40 Å². The molecule has 212 valence electrons. The van der Waals surface area contributed by atoms with E-state index in [0.717, 1.165) is 16.7 Å². The molecular formula is C31H27N5O4S2. The number of fused-ring (bicyclic) bond motifs is 3. The summed E-state index contributed by atoms with van der Waals surface area (Å²) in [6.45, 7) is 4.34. The van der Waals surface area contributed by atoms with Crippen LogP contribution < -0.4 is 10.1 Å². The van der Waals surface area contributed by atoms with Gasteiger partial charge in [-0.05, 0) is 56.3 Å². The van der Waals surface area contributed by atoms with Gasteiger partial charge in [0.2, 0.25) is 10.0 Å². The van der Waals surface area contributed by atoms with Crippen LogP contribution in [-0.2, 0) is 14.8 Å². The van der Waals surface area contributed by atoms with Crippen molar-refractivity contribution >= 4 is 43.4 Å². The van der Waals surface area contributed by atoms with Crippen LogP contribution in [-0.4, -0.2) is 57.2 Å². The lowest BCUT2D eigenvalue weighted by molar-refractivity contribution is -0.0440. The number of nitrogens with zero attached hydrogens (tertiary/aromatic N) is 5. The van der Waals surface area contributed by atoms with Crippen molar-refractivity contribution in [3.8, 4) is 16.9 Å². The van der Waals surface area contributed by atoms with Crippen molar-refractivity contribution in [2.24, 2.45) is 0 Å². The molecule has 1 fully saturated rings. The quantitative estimate of drug-likeness (QED) is 0.297. The number of ether oxygens (including phenoxy) is 1. The van der Waals surface area contributed by atoms with Gasteiger partial charge in [0.05, 0.1) is 38.4 Å². The second-order valence-electron chi connectivity index (χ2n) is 10.5. The van der Waals surface area contributed by atoms with Crippen molar-refractivity contribution in [2.75, 3.05) is 13.1 Å². The number of sulfonamides is 1. The molecule has 0 N–H and O–H groups in total. The third kappa shape index (κ3) is 4.64. The third-order valence-corrected chi connectivity index (χ3v) is 10.1. The highest BCUT2D eigenvalue weighted by Crippen LogP contribution is 2.29. The average molecular weight is 598 g/mol. The molecule has 2 unspecified atom stereocenters. The maximum absolute atomic E-state index is 13.7. The van der Waals surface area contributed by atoms with Crippen molar-refractivity contribution in [3.63, 3.8) is 0 Å². The monoisotopic (exact) mass is 597 g/mol. The molecule has 0 amide bonds. The summed E-state index contributed by atoms with van der Waals surface area (Å²) in [5, 5.41) is 4.86. The van der Waals surface area contributed by atoms with Crippen LogP contribution in [0.25, 0.3) is 39.0 Å². The highest BCUT2D eigenvalue weighted by Gasteiger charge is 2.32. The van der Waals surface area contributed by atoms with Crippen LogP contribution in [0.15, 0.2) is 94.7 Å². The van der Waals surface area contributed by atoms with Crippen LogP contribution in [0.5, 0.6) is 0 Å². The molecule has 1 saturated heterocycles. The predicted molar refractivity (Wildman–Crippen MR) is 163 cm³/mol. The van der Waals surface area contributed by atoms with E-state index in [9.17, 15) is 13.2 Å². The zero-order valence-electron chi connectivity index (χ0n) is 22.9. The Morgan fingerprint density at radius 3 is 2.48 bits per heavy atom. The van der Waals surface area contributed by atoms with Gasteiger partial charge in [-0.15, -0.1) is 0 Å². The average Bonchev–Trinajstić information content (AvgIpc) is 3.66. The number of hydrogen-bond donors (Lipinski definition) is 0. The second kappa shape index (κ2) is 10.3. The van der Waals surface area contributed by atoms with Crippen LogP contribution in [0.2, 0.25) is 0 Å². The molecule has 3 aromatic carbocycles. The Balaban J connectivity index is 1.37. The van der Waals surface area contributed by atoms with E-state index in [4.69, 9.17) is 9.84 Å². The first-order chi connectivity index (χ1) is 20.3. The zero-order valence-corrected chi connectivity index (χ0v) is 24.5. The van der Waals surface area contributed by atoms with E-state index in [-0.39, 0.29) is 22.7 Å². The van der Waals surface area contributed by atoms with Crippen molar-refractivity contribution < 1.29 is 13.2 Å². The van der Waals surface area contributed by atoms with E-state index in [2.05, 4.69) is 4.98 Å². The molecule has 0 aliphatic carbocycles. The van der Waals surface area contributed by atoms with Crippen molar-refractivity contribution in [2.45, 2.75) is 31.0 Å². The van der Waals surface area contributed by atoms with Crippen LogP contribution in [0, 0.1) is 0 Å². The third-order valence-electron chi connectivity index (χ3n) is 7.33. The maximum atomic E-state index is 13.7. The molecule has 0 saturated carbocycles. The first-order valence-electron chi connectivity index (χ1n) is 13.6. The van der Waals surface area contributed by atoms with E-state index in [1.807, 2.05) is 86.8 Å². The number of imidazole rings is 1. The Morgan fingerprint density at radius 2 is 1.69 bits per heavy atom. The SMILES string of the molecule is CC1CN(S(=O)(=O)c2cccc(-c3nn(-c4ccccc4)cc3C=c3sc4nc5ccccc5n4c3=O)c2)CC(C)O1. The van der Waals surface area contributed by atoms with Crippen molar-refractivity contribution in [1.29, 1.82) is 0 Å². The van der Waals surface area contributed by atoms with Gasteiger partial charge in [0.1, 0.15) is 5.69 Å². The summed E-state index contributed by atoms with van der Waals surface area (Å²) in [6, 6.07) is 24.0. The lowest BCUT2D eigenvalue weighted by Gasteiger charge is -2.34. The molecule has 0 spiro atoms. The zero-order chi connectivity index (χ0) is 29.0. The molecule has 4 heterocycles. The number of para-hydroxylation sites is 3. The van der Waals surface area contributed by atoms with Gasteiger partial charge in [0, 0.05) is 30.4 Å². The standard InChI is InChI=1S/C31H27N5O4S2/c1-20-17-34(18-21(2)40-20)42(38,39)25-12-8-9-22(15-25)29-23(19-35(33-29)24-10-4-3-5-11-24)16-28-30(37)36-27-14-7-6-13-26(27)32-31(36)41-28/h3-16,19-21H,17-18H2,1-2H3. The molecule has 7 rings (SSSR count). The Morgan fingerprint density at radius 1 is 0.952 bits per heavy atom. The number of aromatic nitrogens is 4. The van der Waals surface area contributed by atoms with E-state index in [0.29, 0.717) is 39.4 Å². The van der Waals surface area contributed by atoms with Gasteiger partial charge in [0.15, 0.2) is 4.96 Å².